The Morgan fingerprint density at radius 2 is 2.24 bits per heavy atom. The predicted molar refractivity (Wildman–Crippen MR) is 59.3 cm³/mol. The number of nitrogens with zero attached hydrogens (tertiary/aromatic N) is 1. The number of carboxylic acid groups (broad SMARTS) is 1. The summed E-state index contributed by atoms with van der Waals surface area (Å²) in [5.74, 6) is -1.09. The molecular weight excluding hydrogens is 224 g/mol. The van der Waals surface area contributed by atoms with Gasteiger partial charge in [-0.2, -0.15) is 0 Å². The van der Waals surface area contributed by atoms with Crippen molar-refractivity contribution in [2.45, 2.75) is 44.0 Å². The van der Waals surface area contributed by atoms with E-state index in [1.165, 1.54) is 4.90 Å². The zero-order valence-corrected chi connectivity index (χ0v) is 9.89. The smallest absolute Gasteiger partial charge is 0.326 e. The largest absolute Gasteiger partial charge is 0.480 e. The van der Waals surface area contributed by atoms with Crippen LogP contribution in [-0.4, -0.2) is 53.8 Å². The molecule has 2 saturated heterocycles. The number of fused-ring (bicyclic) bond motifs is 1. The van der Waals surface area contributed by atoms with E-state index in [4.69, 9.17) is 4.74 Å². The third kappa shape index (κ3) is 2.28. The van der Waals surface area contributed by atoms with Crippen molar-refractivity contribution in [2.75, 3.05) is 13.7 Å². The van der Waals surface area contributed by atoms with E-state index in [1.807, 2.05) is 0 Å². The summed E-state index contributed by atoms with van der Waals surface area (Å²) in [6, 6.07) is -1.07. The summed E-state index contributed by atoms with van der Waals surface area (Å²) < 4.78 is 5.59. The number of amides is 1. The normalized spacial score (nSPS) is 34.1. The predicted octanol–water partition coefficient (Wildman–Crippen LogP) is -0.214. The van der Waals surface area contributed by atoms with Crippen LogP contribution < -0.4 is 5.32 Å². The van der Waals surface area contributed by atoms with Gasteiger partial charge in [-0.05, 0) is 32.7 Å². The van der Waals surface area contributed by atoms with Crippen LogP contribution in [0.3, 0.4) is 0 Å². The Morgan fingerprint density at radius 1 is 1.47 bits per heavy atom. The number of carbonyl (C=O) groups is 2. The average molecular weight is 242 g/mol. The number of hydrogen-bond donors (Lipinski definition) is 2. The lowest BCUT2D eigenvalue weighted by Gasteiger charge is -2.39. The zero-order chi connectivity index (χ0) is 12.4. The van der Waals surface area contributed by atoms with Crippen LogP contribution in [0.2, 0.25) is 0 Å². The molecule has 3 unspecified atom stereocenters. The number of hydrogen-bond acceptors (Lipinski definition) is 4. The number of likely N-dealkylation sites (N-methyl/N-ethyl adjacent to an activating group) is 1. The first-order valence-corrected chi connectivity index (χ1v) is 5.99. The molecule has 2 rings (SSSR count). The maximum Gasteiger partial charge on any atom is 0.326 e. The molecular formula is C11H18N2O4. The molecule has 6 nitrogen and oxygen atoms in total. The summed E-state index contributed by atoms with van der Waals surface area (Å²) in [6.07, 6.45) is 2.25. The molecule has 0 bridgehead atoms. The van der Waals surface area contributed by atoms with E-state index in [1.54, 1.807) is 7.05 Å². The maximum absolute atomic E-state index is 12.2. The molecule has 1 amide bonds. The number of rotatable bonds is 2. The Labute approximate surface area is 99.9 Å². The van der Waals surface area contributed by atoms with Gasteiger partial charge >= 0.3 is 5.97 Å². The van der Waals surface area contributed by atoms with E-state index in [9.17, 15) is 14.7 Å². The molecule has 0 spiro atoms. The molecule has 0 radical (unpaired) electrons. The number of aliphatic carboxylic acids is 1. The molecule has 2 aliphatic heterocycles. The standard InChI is InChI=1S/C11H18N2O4/c1-12-7-5-6-17-9-4-2-3-8(11(15)16)13(9)10(7)14/h7-9,12H,2-6H2,1H3,(H,15,16). The Morgan fingerprint density at radius 3 is 2.88 bits per heavy atom. The third-order valence-corrected chi connectivity index (χ3v) is 3.48. The second-order valence-electron chi connectivity index (χ2n) is 4.49. The second kappa shape index (κ2) is 5.01. The molecule has 96 valence electrons. The quantitative estimate of drug-likeness (QED) is 0.700. The highest BCUT2D eigenvalue weighted by Crippen LogP contribution is 2.27. The van der Waals surface area contributed by atoms with Crippen molar-refractivity contribution in [1.82, 2.24) is 10.2 Å². The number of carbonyl (C=O) groups excluding carboxylic acids is 1. The summed E-state index contributed by atoms with van der Waals surface area (Å²) in [5, 5.41) is 12.1. The lowest BCUT2D eigenvalue weighted by molar-refractivity contribution is -0.167. The third-order valence-electron chi connectivity index (χ3n) is 3.48. The molecule has 0 aromatic carbocycles. The fourth-order valence-corrected chi connectivity index (χ4v) is 2.56. The lowest BCUT2D eigenvalue weighted by Crippen LogP contribution is -2.57. The van der Waals surface area contributed by atoms with Crippen molar-refractivity contribution >= 4 is 11.9 Å². The average Bonchev–Trinajstić information content (AvgIpc) is 2.48. The Bertz CT molecular complexity index is 321. The second-order valence-corrected chi connectivity index (χ2v) is 4.49. The van der Waals surface area contributed by atoms with Gasteiger partial charge in [0.15, 0.2) is 0 Å². The van der Waals surface area contributed by atoms with Crippen LogP contribution in [0.1, 0.15) is 25.7 Å². The minimum Gasteiger partial charge on any atom is -0.480 e. The van der Waals surface area contributed by atoms with Gasteiger partial charge in [0.2, 0.25) is 5.91 Å². The van der Waals surface area contributed by atoms with Crippen molar-refractivity contribution in [3.63, 3.8) is 0 Å². The van der Waals surface area contributed by atoms with E-state index >= 15 is 0 Å². The molecule has 0 aromatic heterocycles. The summed E-state index contributed by atoms with van der Waals surface area (Å²) in [4.78, 5) is 24.9. The van der Waals surface area contributed by atoms with Gasteiger partial charge in [0.1, 0.15) is 12.3 Å². The van der Waals surface area contributed by atoms with Gasteiger partial charge in [0.05, 0.1) is 12.6 Å². The number of carboxylic acids is 1. The maximum atomic E-state index is 12.2. The summed E-state index contributed by atoms with van der Waals surface area (Å²) in [5.41, 5.74) is 0. The van der Waals surface area contributed by atoms with Crippen LogP contribution in [0, 0.1) is 0 Å². The molecule has 17 heavy (non-hydrogen) atoms. The van der Waals surface area contributed by atoms with Crippen LogP contribution in [0.4, 0.5) is 0 Å². The molecule has 2 N–H and O–H groups in total. The van der Waals surface area contributed by atoms with E-state index in [2.05, 4.69) is 5.32 Å². The Kier molecular flexibility index (Phi) is 3.63. The van der Waals surface area contributed by atoms with Gasteiger partial charge in [0, 0.05) is 0 Å². The first kappa shape index (κ1) is 12.3. The summed E-state index contributed by atoms with van der Waals surface area (Å²) in [6.45, 7) is 0.491. The van der Waals surface area contributed by atoms with Gasteiger partial charge < -0.3 is 20.1 Å². The van der Waals surface area contributed by atoms with E-state index in [0.717, 1.165) is 12.8 Å². The Balaban J connectivity index is 2.24. The highest BCUT2D eigenvalue weighted by Gasteiger charge is 2.42. The van der Waals surface area contributed by atoms with Crippen molar-refractivity contribution in [3.8, 4) is 0 Å². The van der Waals surface area contributed by atoms with Crippen LogP contribution in [-0.2, 0) is 14.3 Å². The van der Waals surface area contributed by atoms with Crippen LogP contribution in [0.15, 0.2) is 0 Å². The van der Waals surface area contributed by atoms with Gasteiger partial charge in [-0.3, -0.25) is 4.79 Å². The van der Waals surface area contributed by atoms with Crippen molar-refractivity contribution < 1.29 is 19.4 Å². The molecule has 6 heteroatoms. The minimum atomic E-state index is -0.941. The summed E-state index contributed by atoms with van der Waals surface area (Å²) in [7, 11) is 1.71. The molecule has 0 aromatic rings. The van der Waals surface area contributed by atoms with E-state index in [0.29, 0.717) is 19.4 Å². The van der Waals surface area contributed by atoms with Gasteiger partial charge in [-0.1, -0.05) is 0 Å². The zero-order valence-electron chi connectivity index (χ0n) is 9.89. The van der Waals surface area contributed by atoms with Crippen molar-refractivity contribution in [3.05, 3.63) is 0 Å². The highest BCUT2D eigenvalue weighted by atomic mass is 16.5. The topological polar surface area (TPSA) is 78.9 Å². The minimum absolute atomic E-state index is 0.151. The van der Waals surface area contributed by atoms with Crippen LogP contribution in [0.25, 0.3) is 0 Å². The van der Waals surface area contributed by atoms with Gasteiger partial charge in [-0.15, -0.1) is 0 Å². The van der Waals surface area contributed by atoms with Gasteiger partial charge in [0.25, 0.3) is 0 Å². The SMILES string of the molecule is CNC1CCOC2CCCC(C(=O)O)N2C1=O. The number of ether oxygens (including phenoxy) is 1. The first-order chi connectivity index (χ1) is 8.15. The fraction of sp³-hybridized carbons (Fsp3) is 0.818. The van der Waals surface area contributed by atoms with Crippen molar-refractivity contribution in [1.29, 1.82) is 0 Å². The fourth-order valence-electron chi connectivity index (χ4n) is 2.56. The lowest BCUT2D eigenvalue weighted by atomic mass is 9.99. The van der Waals surface area contributed by atoms with E-state index < -0.39 is 12.0 Å². The molecule has 2 aliphatic rings. The number of nitrogens with one attached hydrogen (secondary N) is 1. The van der Waals surface area contributed by atoms with Crippen molar-refractivity contribution in [2.24, 2.45) is 0 Å². The molecule has 0 saturated carbocycles. The van der Waals surface area contributed by atoms with E-state index in [-0.39, 0.29) is 18.2 Å². The molecule has 3 atom stereocenters. The van der Waals surface area contributed by atoms with Crippen LogP contribution >= 0.6 is 0 Å². The van der Waals surface area contributed by atoms with Crippen LogP contribution in [0.5, 0.6) is 0 Å². The number of piperidine rings is 1. The highest BCUT2D eigenvalue weighted by molar-refractivity contribution is 5.87. The Hall–Kier alpha value is -1.14. The molecule has 0 aliphatic carbocycles. The van der Waals surface area contributed by atoms with Gasteiger partial charge in [-0.25, -0.2) is 4.79 Å². The first-order valence-electron chi connectivity index (χ1n) is 5.99. The molecule has 2 heterocycles. The summed E-state index contributed by atoms with van der Waals surface area (Å²) >= 11 is 0. The molecule has 2 fully saturated rings. The monoisotopic (exact) mass is 242 g/mol.